The molecule has 0 radical (unpaired) electrons. The van der Waals surface area contributed by atoms with Gasteiger partial charge < -0.3 is 9.84 Å². The zero-order valence-electron chi connectivity index (χ0n) is 6.97. The number of nitrogens with one attached hydrogen (secondary N) is 1. The van der Waals surface area contributed by atoms with Crippen molar-refractivity contribution in [2.45, 2.75) is 24.7 Å². The molecule has 1 fully saturated rings. The predicted octanol–water partition coefficient (Wildman–Crippen LogP) is 0.852. The summed E-state index contributed by atoms with van der Waals surface area (Å²) in [4.78, 5) is 0. The molecule has 1 saturated heterocycles. The van der Waals surface area contributed by atoms with Crippen LogP contribution in [-0.4, -0.2) is 18.2 Å². The number of fused-ring (bicyclic) bond motifs is 2. The third kappa shape index (κ3) is 0.672. The van der Waals surface area contributed by atoms with E-state index in [0.29, 0.717) is 5.41 Å². The number of nitrogens with zero attached hydrogens (tertiary/aromatic N) is 1. The highest BCUT2D eigenvalue weighted by atomic mass is 16.5. The van der Waals surface area contributed by atoms with Crippen LogP contribution < -0.4 is 5.32 Å². The summed E-state index contributed by atoms with van der Waals surface area (Å²) in [5.74, 6) is 1.12. The Morgan fingerprint density at radius 2 is 2.50 bits per heavy atom. The van der Waals surface area contributed by atoms with Crippen molar-refractivity contribution in [2.24, 2.45) is 0 Å². The molecule has 0 bridgehead atoms. The quantitative estimate of drug-likeness (QED) is 0.617. The molecule has 2 heterocycles. The molecule has 1 aromatic heterocycles. The summed E-state index contributed by atoms with van der Waals surface area (Å²) >= 11 is 0. The lowest BCUT2D eigenvalue weighted by molar-refractivity contribution is 0.381. The summed E-state index contributed by atoms with van der Waals surface area (Å²) in [7, 11) is 0. The molecule has 1 N–H and O–H groups in total. The van der Waals surface area contributed by atoms with Crippen LogP contribution in [0, 0.1) is 0 Å². The van der Waals surface area contributed by atoms with Gasteiger partial charge in [-0.3, -0.25) is 0 Å². The van der Waals surface area contributed by atoms with Crippen molar-refractivity contribution in [3.05, 3.63) is 17.5 Å². The van der Waals surface area contributed by atoms with Gasteiger partial charge in [0.15, 0.2) is 0 Å². The highest BCUT2D eigenvalue weighted by molar-refractivity contribution is 5.33. The summed E-state index contributed by atoms with van der Waals surface area (Å²) in [5.41, 5.74) is 1.75. The zero-order chi connectivity index (χ0) is 8.02. The third-order valence-corrected chi connectivity index (χ3v) is 3.29. The van der Waals surface area contributed by atoms with E-state index in [0.717, 1.165) is 25.3 Å². The van der Waals surface area contributed by atoms with Crippen LogP contribution in [0.1, 0.15) is 24.2 Å². The fraction of sp³-hybridized carbons (Fsp3) is 0.667. The minimum atomic E-state index is 0.384. The molecular weight excluding hydrogens is 152 g/mol. The summed E-state index contributed by atoms with van der Waals surface area (Å²) < 4.78 is 5.18. The summed E-state index contributed by atoms with van der Waals surface area (Å²) in [5, 5.41) is 7.28. The first-order valence-electron chi connectivity index (χ1n) is 4.55. The van der Waals surface area contributed by atoms with Crippen molar-refractivity contribution in [1.29, 1.82) is 0 Å². The van der Waals surface area contributed by atoms with Gasteiger partial charge in [-0.2, -0.15) is 0 Å². The molecule has 1 aliphatic carbocycles. The molecule has 3 rings (SSSR count). The molecule has 12 heavy (non-hydrogen) atoms. The molecule has 1 spiro atoms. The molecule has 2 aliphatic rings. The fourth-order valence-electron chi connectivity index (χ4n) is 2.55. The Labute approximate surface area is 71.1 Å². The van der Waals surface area contributed by atoms with Crippen LogP contribution in [0.3, 0.4) is 0 Å². The van der Waals surface area contributed by atoms with E-state index in [1.54, 1.807) is 0 Å². The molecule has 0 amide bonds. The number of aromatic nitrogens is 1. The van der Waals surface area contributed by atoms with Crippen LogP contribution in [0.15, 0.2) is 10.7 Å². The molecule has 0 aromatic carbocycles. The van der Waals surface area contributed by atoms with Crippen molar-refractivity contribution in [1.82, 2.24) is 10.5 Å². The summed E-state index contributed by atoms with van der Waals surface area (Å²) in [6.45, 7) is 2.26. The Kier molecular flexibility index (Phi) is 1.17. The molecule has 1 aromatic rings. The van der Waals surface area contributed by atoms with Gasteiger partial charge in [-0.15, -0.1) is 0 Å². The molecule has 3 heteroatoms. The van der Waals surface area contributed by atoms with Gasteiger partial charge in [-0.1, -0.05) is 5.16 Å². The van der Waals surface area contributed by atoms with Crippen molar-refractivity contribution < 1.29 is 4.52 Å². The first kappa shape index (κ1) is 6.66. The van der Waals surface area contributed by atoms with Crippen LogP contribution in [0.25, 0.3) is 0 Å². The van der Waals surface area contributed by atoms with Gasteiger partial charge in [0.1, 0.15) is 5.76 Å². The maximum absolute atomic E-state index is 5.18. The number of hydrogen-bond acceptors (Lipinski definition) is 3. The zero-order valence-corrected chi connectivity index (χ0v) is 6.97. The maximum Gasteiger partial charge on any atom is 0.140 e. The SMILES string of the molecule is c1noc2c1C1(CCNC1)CC2. The van der Waals surface area contributed by atoms with E-state index in [1.165, 1.54) is 18.4 Å². The van der Waals surface area contributed by atoms with Gasteiger partial charge in [0.25, 0.3) is 0 Å². The lowest BCUT2D eigenvalue weighted by Gasteiger charge is -2.20. The van der Waals surface area contributed by atoms with Crippen LogP contribution >= 0.6 is 0 Å². The van der Waals surface area contributed by atoms with E-state index >= 15 is 0 Å². The van der Waals surface area contributed by atoms with Gasteiger partial charge in [0.2, 0.25) is 0 Å². The second kappa shape index (κ2) is 2.10. The average molecular weight is 164 g/mol. The molecule has 1 unspecified atom stereocenters. The Bertz CT molecular complexity index is 299. The Balaban J connectivity index is 2.09. The molecule has 0 saturated carbocycles. The van der Waals surface area contributed by atoms with Gasteiger partial charge in [0.05, 0.1) is 6.20 Å². The van der Waals surface area contributed by atoms with Crippen molar-refractivity contribution in [3.8, 4) is 0 Å². The van der Waals surface area contributed by atoms with Crippen molar-refractivity contribution >= 4 is 0 Å². The normalized spacial score (nSPS) is 33.0. The minimum absolute atomic E-state index is 0.384. The standard InChI is InChI=1S/C9H12N2O/c1-2-9(3-4-10-6-9)7-5-11-12-8(1)7/h5,10H,1-4,6H2. The number of rotatable bonds is 0. The van der Waals surface area contributed by atoms with Crippen molar-refractivity contribution in [3.63, 3.8) is 0 Å². The van der Waals surface area contributed by atoms with E-state index in [2.05, 4.69) is 10.5 Å². The smallest absolute Gasteiger partial charge is 0.140 e. The van der Waals surface area contributed by atoms with Crippen LogP contribution in [0.5, 0.6) is 0 Å². The lowest BCUT2D eigenvalue weighted by atomic mass is 9.82. The molecule has 1 aliphatic heterocycles. The predicted molar refractivity (Wildman–Crippen MR) is 44.0 cm³/mol. The van der Waals surface area contributed by atoms with Gasteiger partial charge in [-0.05, 0) is 19.4 Å². The molecule has 64 valence electrons. The van der Waals surface area contributed by atoms with E-state index in [9.17, 15) is 0 Å². The Hall–Kier alpha value is -0.830. The topological polar surface area (TPSA) is 38.1 Å². The second-order valence-electron chi connectivity index (χ2n) is 3.87. The minimum Gasteiger partial charge on any atom is -0.361 e. The van der Waals surface area contributed by atoms with Gasteiger partial charge in [0, 0.05) is 23.9 Å². The monoisotopic (exact) mass is 164 g/mol. The fourth-order valence-corrected chi connectivity index (χ4v) is 2.55. The first-order chi connectivity index (χ1) is 5.91. The third-order valence-electron chi connectivity index (χ3n) is 3.29. The Morgan fingerprint density at radius 1 is 1.50 bits per heavy atom. The molecular formula is C9H12N2O. The van der Waals surface area contributed by atoms with Gasteiger partial charge >= 0.3 is 0 Å². The van der Waals surface area contributed by atoms with E-state index in [1.807, 2.05) is 6.20 Å². The van der Waals surface area contributed by atoms with E-state index in [4.69, 9.17) is 4.52 Å². The highest BCUT2D eigenvalue weighted by Gasteiger charge is 2.43. The highest BCUT2D eigenvalue weighted by Crippen LogP contribution is 2.42. The molecule has 3 nitrogen and oxygen atoms in total. The van der Waals surface area contributed by atoms with Gasteiger partial charge in [-0.25, -0.2) is 0 Å². The summed E-state index contributed by atoms with van der Waals surface area (Å²) in [6, 6.07) is 0. The van der Waals surface area contributed by atoms with E-state index < -0.39 is 0 Å². The number of aryl methyl sites for hydroxylation is 1. The van der Waals surface area contributed by atoms with Crippen LogP contribution in [0.4, 0.5) is 0 Å². The summed E-state index contributed by atoms with van der Waals surface area (Å²) in [6.07, 6.45) is 5.49. The first-order valence-corrected chi connectivity index (χ1v) is 4.55. The lowest BCUT2D eigenvalue weighted by Crippen LogP contribution is -2.25. The molecule has 1 atom stereocenters. The second-order valence-corrected chi connectivity index (χ2v) is 3.87. The van der Waals surface area contributed by atoms with Crippen LogP contribution in [0.2, 0.25) is 0 Å². The Morgan fingerprint density at radius 3 is 3.33 bits per heavy atom. The maximum atomic E-state index is 5.18. The van der Waals surface area contributed by atoms with E-state index in [-0.39, 0.29) is 0 Å². The largest absolute Gasteiger partial charge is 0.361 e. The van der Waals surface area contributed by atoms with Crippen molar-refractivity contribution in [2.75, 3.05) is 13.1 Å². The van der Waals surface area contributed by atoms with Crippen LogP contribution in [-0.2, 0) is 11.8 Å². The average Bonchev–Trinajstić information content (AvgIpc) is 2.76. The number of hydrogen-bond donors (Lipinski definition) is 1.